The Morgan fingerprint density at radius 1 is 1.21 bits per heavy atom. The van der Waals surface area contributed by atoms with Crippen molar-refractivity contribution in [3.8, 4) is 0 Å². The van der Waals surface area contributed by atoms with E-state index < -0.39 is 9.84 Å². The van der Waals surface area contributed by atoms with E-state index in [4.69, 9.17) is 0 Å². The lowest BCUT2D eigenvalue weighted by atomic mass is 10.3. The van der Waals surface area contributed by atoms with Gasteiger partial charge in [-0.2, -0.15) is 0 Å². The Morgan fingerprint density at radius 3 is 2.63 bits per heavy atom. The maximum Gasteiger partial charge on any atom is 0.175 e. The first kappa shape index (κ1) is 12.1. The normalized spacial score (nSPS) is 14.5. The third kappa shape index (κ3) is 2.19. The van der Waals surface area contributed by atoms with Crippen LogP contribution in [0.15, 0.2) is 41.7 Å². The van der Waals surface area contributed by atoms with Gasteiger partial charge in [-0.25, -0.2) is 18.4 Å². The van der Waals surface area contributed by atoms with E-state index in [2.05, 4.69) is 14.9 Å². The molecule has 0 unspecified atom stereocenters. The average Bonchev–Trinajstić information content (AvgIpc) is 2.82. The molecule has 2 aromatic rings. The second kappa shape index (κ2) is 4.31. The van der Waals surface area contributed by atoms with Gasteiger partial charge in [0.15, 0.2) is 9.84 Å². The lowest BCUT2D eigenvalue weighted by molar-refractivity contribution is 0.602. The molecule has 0 aliphatic carbocycles. The smallest absolute Gasteiger partial charge is 0.175 e. The maximum atomic E-state index is 11.4. The van der Waals surface area contributed by atoms with Crippen LogP contribution in [-0.2, 0) is 16.3 Å². The highest BCUT2D eigenvalue weighted by molar-refractivity contribution is 7.90. The van der Waals surface area contributed by atoms with Gasteiger partial charge in [0.25, 0.3) is 0 Å². The summed E-state index contributed by atoms with van der Waals surface area (Å²) in [6, 6.07) is 6.88. The fourth-order valence-corrected chi connectivity index (χ4v) is 2.86. The molecule has 0 bridgehead atoms. The number of anilines is 2. The first-order valence-corrected chi connectivity index (χ1v) is 7.81. The van der Waals surface area contributed by atoms with Gasteiger partial charge in [-0.1, -0.05) is 0 Å². The largest absolute Gasteiger partial charge is 0.326 e. The molecule has 0 amide bonds. The molecule has 0 fully saturated rings. The molecule has 6 heteroatoms. The number of hydrogen-bond donors (Lipinski definition) is 0. The number of aromatic nitrogens is 2. The highest BCUT2D eigenvalue weighted by Gasteiger charge is 2.22. The van der Waals surface area contributed by atoms with Crippen LogP contribution in [0.2, 0.25) is 0 Å². The lowest BCUT2D eigenvalue weighted by Gasteiger charge is -2.18. The van der Waals surface area contributed by atoms with Gasteiger partial charge in [-0.05, 0) is 30.7 Å². The van der Waals surface area contributed by atoms with Crippen LogP contribution in [0, 0.1) is 0 Å². The molecule has 0 radical (unpaired) electrons. The molecule has 98 valence electrons. The van der Waals surface area contributed by atoms with Gasteiger partial charge in [0.05, 0.1) is 4.90 Å². The zero-order valence-corrected chi connectivity index (χ0v) is 11.3. The van der Waals surface area contributed by atoms with Crippen LogP contribution in [0.25, 0.3) is 0 Å². The monoisotopic (exact) mass is 275 g/mol. The molecule has 0 atom stereocenters. The number of sulfone groups is 1. The number of rotatable bonds is 2. The van der Waals surface area contributed by atoms with E-state index in [1.807, 2.05) is 18.3 Å². The molecule has 3 rings (SSSR count). The van der Waals surface area contributed by atoms with E-state index in [9.17, 15) is 8.42 Å². The number of benzene rings is 1. The van der Waals surface area contributed by atoms with E-state index in [1.165, 1.54) is 12.6 Å². The minimum Gasteiger partial charge on any atom is -0.326 e. The quantitative estimate of drug-likeness (QED) is 0.832. The molecule has 1 aromatic carbocycles. The van der Waals surface area contributed by atoms with Crippen LogP contribution in [0.3, 0.4) is 0 Å². The first-order valence-electron chi connectivity index (χ1n) is 5.92. The van der Waals surface area contributed by atoms with Crippen molar-refractivity contribution < 1.29 is 8.42 Å². The summed E-state index contributed by atoms with van der Waals surface area (Å²) in [6.07, 6.45) is 5.47. The van der Waals surface area contributed by atoms with Gasteiger partial charge in [-0.3, -0.25) is 0 Å². The molecule has 19 heavy (non-hydrogen) atoms. The molecular formula is C13H13N3O2S. The predicted octanol–water partition coefficient (Wildman–Crippen LogP) is 1.57. The fraction of sp³-hybridized carbons (Fsp3) is 0.231. The molecule has 0 saturated carbocycles. The standard InChI is InChI=1S/C13H13N3O2S/c1-19(17,18)12-4-2-11(3-5-12)16-7-6-10-8-14-9-15-13(10)16/h2-5,8-9H,6-7H2,1H3. The molecule has 0 saturated heterocycles. The lowest BCUT2D eigenvalue weighted by Crippen LogP contribution is -2.14. The van der Waals surface area contributed by atoms with Crippen LogP contribution in [0.4, 0.5) is 11.5 Å². The molecular weight excluding hydrogens is 262 g/mol. The van der Waals surface area contributed by atoms with Crippen LogP contribution in [-0.4, -0.2) is 31.2 Å². The van der Waals surface area contributed by atoms with Gasteiger partial charge < -0.3 is 4.90 Å². The van der Waals surface area contributed by atoms with Crippen molar-refractivity contribution in [3.63, 3.8) is 0 Å². The Morgan fingerprint density at radius 2 is 1.95 bits per heavy atom. The summed E-state index contributed by atoms with van der Waals surface area (Å²) < 4.78 is 22.9. The number of nitrogens with zero attached hydrogens (tertiary/aromatic N) is 3. The minimum absolute atomic E-state index is 0.332. The minimum atomic E-state index is -3.15. The van der Waals surface area contributed by atoms with E-state index >= 15 is 0 Å². The van der Waals surface area contributed by atoms with Crippen LogP contribution >= 0.6 is 0 Å². The Balaban J connectivity index is 1.97. The van der Waals surface area contributed by atoms with Crippen molar-refractivity contribution in [2.24, 2.45) is 0 Å². The number of fused-ring (bicyclic) bond motifs is 1. The van der Waals surface area contributed by atoms with Crippen molar-refractivity contribution >= 4 is 21.3 Å². The highest BCUT2D eigenvalue weighted by atomic mass is 32.2. The molecule has 1 aliphatic heterocycles. The second-order valence-corrected chi connectivity index (χ2v) is 6.56. The fourth-order valence-electron chi connectivity index (χ4n) is 2.23. The van der Waals surface area contributed by atoms with Crippen molar-refractivity contribution in [1.29, 1.82) is 0 Å². The zero-order valence-electron chi connectivity index (χ0n) is 10.4. The molecule has 1 aromatic heterocycles. The van der Waals surface area contributed by atoms with E-state index in [0.717, 1.165) is 30.0 Å². The van der Waals surface area contributed by atoms with Gasteiger partial charge in [-0.15, -0.1) is 0 Å². The van der Waals surface area contributed by atoms with Crippen LogP contribution < -0.4 is 4.90 Å². The van der Waals surface area contributed by atoms with Crippen molar-refractivity contribution in [2.45, 2.75) is 11.3 Å². The summed E-state index contributed by atoms with van der Waals surface area (Å²) in [5.41, 5.74) is 2.07. The van der Waals surface area contributed by atoms with Gasteiger partial charge >= 0.3 is 0 Å². The van der Waals surface area contributed by atoms with E-state index in [1.54, 1.807) is 12.1 Å². The maximum absolute atomic E-state index is 11.4. The van der Waals surface area contributed by atoms with Gasteiger partial charge in [0, 0.05) is 30.2 Å². The summed E-state index contributed by atoms with van der Waals surface area (Å²) in [5, 5.41) is 0. The molecule has 2 heterocycles. The van der Waals surface area contributed by atoms with Crippen molar-refractivity contribution in [3.05, 3.63) is 42.4 Å². The van der Waals surface area contributed by atoms with Crippen LogP contribution in [0.5, 0.6) is 0 Å². The molecule has 5 nitrogen and oxygen atoms in total. The Labute approximate surface area is 111 Å². The molecule has 1 aliphatic rings. The SMILES string of the molecule is CS(=O)(=O)c1ccc(N2CCc3cncnc32)cc1. The number of hydrogen-bond acceptors (Lipinski definition) is 5. The van der Waals surface area contributed by atoms with Crippen LogP contribution in [0.1, 0.15) is 5.56 Å². The van der Waals surface area contributed by atoms with Crippen molar-refractivity contribution in [2.75, 3.05) is 17.7 Å². The summed E-state index contributed by atoms with van der Waals surface area (Å²) in [5.74, 6) is 0.905. The zero-order chi connectivity index (χ0) is 13.5. The highest BCUT2D eigenvalue weighted by Crippen LogP contribution is 2.32. The predicted molar refractivity (Wildman–Crippen MR) is 72.3 cm³/mol. The summed E-state index contributed by atoms with van der Waals surface area (Å²) in [7, 11) is -3.15. The van der Waals surface area contributed by atoms with E-state index in [0.29, 0.717) is 4.90 Å². The summed E-state index contributed by atoms with van der Waals surface area (Å²) in [6.45, 7) is 0.840. The third-order valence-electron chi connectivity index (χ3n) is 3.20. The summed E-state index contributed by atoms with van der Waals surface area (Å²) in [4.78, 5) is 10.7. The Bertz CT molecular complexity index is 711. The Kier molecular flexibility index (Phi) is 2.74. The summed E-state index contributed by atoms with van der Waals surface area (Å²) >= 11 is 0. The molecule has 0 N–H and O–H groups in total. The van der Waals surface area contributed by atoms with Crippen molar-refractivity contribution in [1.82, 2.24) is 9.97 Å². The topological polar surface area (TPSA) is 63.2 Å². The second-order valence-electron chi connectivity index (χ2n) is 4.54. The van der Waals surface area contributed by atoms with E-state index in [-0.39, 0.29) is 0 Å². The average molecular weight is 275 g/mol. The first-order chi connectivity index (χ1) is 9.05. The van der Waals surface area contributed by atoms with Gasteiger partial charge in [0.1, 0.15) is 12.1 Å². The van der Waals surface area contributed by atoms with Gasteiger partial charge in [0.2, 0.25) is 0 Å². The third-order valence-corrected chi connectivity index (χ3v) is 4.33. The molecule has 0 spiro atoms. The Hall–Kier alpha value is -1.95.